The van der Waals surface area contributed by atoms with Crippen molar-refractivity contribution in [3.63, 3.8) is 0 Å². The van der Waals surface area contributed by atoms with Crippen molar-refractivity contribution < 1.29 is 19.0 Å². The van der Waals surface area contributed by atoms with Gasteiger partial charge in [-0.3, -0.25) is 14.7 Å². The molecule has 0 saturated carbocycles. The van der Waals surface area contributed by atoms with Crippen LogP contribution in [0.3, 0.4) is 0 Å². The lowest BCUT2D eigenvalue weighted by Gasteiger charge is -2.35. The SMILES string of the molecule is CN=C(NCCNC(=O)C(C)(C)C)NCC(c1ccc(OC)c(OC)c1)N1CCOCC1. The first kappa shape index (κ1) is 25.7. The van der Waals surface area contributed by atoms with E-state index in [-0.39, 0.29) is 11.9 Å². The summed E-state index contributed by atoms with van der Waals surface area (Å²) in [4.78, 5) is 18.7. The molecule has 3 N–H and O–H groups in total. The molecule has 9 heteroatoms. The molecule has 1 fully saturated rings. The average molecular weight is 450 g/mol. The Balaban J connectivity index is 2.00. The van der Waals surface area contributed by atoms with Crippen molar-refractivity contribution >= 4 is 11.9 Å². The molecule has 0 radical (unpaired) electrons. The molecule has 1 aromatic rings. The van der Waals surface area contributed by atoms with Crippen LogP contribution in [0.25, 0.3) is 0 Å². The van der Waals surface area contributed by atoms with Gasteiger partial charge in [0.05, 0.1) is 33.5 Å². The summed E-state index contributed by atoms with van der Waals surface area (Å²) < 4.78 is 16.4. The molecule has 2 rings (SSSR count). The summed E-state index contributed by atoms with van der Waals surface area (Å²) >= 11 is 0. The number of carbonyl (C=O) groups is 1. The number of ether oxygens (including phenoxy) is 3. The summed E-state index contributed by atoms with van der Waals surface area (Å²) in [6, 6.07) is 6.14. The Bertz CT molecular complexity index is 757. The van der Waals surface area contributed by atoms with Crippen LogP contribution < -0.4 is 25.4 Å². The number of hydrogen-bond acceptors (Lipinski definition) is 6. The number of hydrogen-bond donors (Lipinski definition) is 3. The predicted molar refractivity (Wildman–Crippen MR) is 127 cm³/mol. The fraction of sp³-hybridized carbons (Fsp3) is 0.652. The Morgan fingerprint density at radius 2 is 1.75 bits per heavy atom. The van der Waals surface area contributed by atoms with Crippen LogP contribution in [0.4, 0.5) is 0 Å². The summed E-state index contributed by atoms with van der Waals surface area (Å²) in [5.41, 5.74) is 0.731. The molecule has 1 atom stereocenters. The molecule has 9 nitrogen and oxygen atoms in total. The fourth-order valence-electron chi connectivity index (χ4n) is 3.44. The Morgan fingerprint density at radius 1 is 1.09 bits per heavy atom. The second kappa shape index (κ2) is 12.5. The van der Waals surface area contributed by atoms with E-state index in [1.807, 2.05) is 32.9 Å². The molecular weight excluding hydrogens is 410 g/mol. The second-order valence-corrected chi connectivity index (χ2v) is 8.66. The maximum atomic E-state index is 12.0. The molecule has 0 spiro atoms. The van der Waals surface area contributed by atoms with E-state index in [0.717, 1.165) is 18.7 Å². The lowest BCUT2D eigenvalue weighted by Crippen LogP contribution is -2.47. The molecule has 0 bridgehead atoms. The zero-order chi connectivity index (χ0) is 23.6. The first-order chi connectivity index (χ1) is 15.3. The number of guanidine groups is 1. The van der Waals surface area contributed by atoms with Gasteiger partial charge in [-0.15, -0.1) is 0 Å². The van der Waals surface area contributed by atoms with Crippen molar-refractivity contribution in [2.75, 3.05) is 67.2 Å². The Kier molecular flexibility index (Phi) is 10.1. The van der Waals surface area contributed by atoms with E-state index in [1.54, 1.807) is 21.3 Å². The van der Waals surface area contributed by atoms with Crippen molar-refractivity contribution in [3.05, 3.63) is 23.8 Å². The van der Waals surface area contributed by atoms with Gasteiger partial charge in [-0.05, 0) is 17.7 Å². The van der Waals surface area contributed by atoms with Crippen molar-refractivity contribution in [2.45, 2.75) is 26.8 Å². The van der Waals surface area contributed by atoms with Gasteiger partial charge in [0.15, 0.2) is 17.5 Å². The summed E-state index contributed by atoms with van der Waals surface area (Å²) in [7, 11) is 5.02. The number of amides is 1. The molecule has 0 aromatic heterocycles. The minimum Gasteiger partial charge on any atom is -0.493 e. The number of methoxy groups -OCH3 is 2. The van der Waals surface area contributed by atoms with Crippen LogP contribution in [0.15, 0.2) is 23.2 Å². The number of aliphatic imine (C=N–C) groups is 1. The zero-order valence-electron chi connectivity index (χ0n) is 20.3. The highest BCUT2D eigenvalue weighted by atomic mass is 16.5. The van der Waals surface area contributed by atoms with Crippen LogP contribution in [-0.4, -0.2) is 84.0 Å². The number of nitrogens with one attached hydrogen (secondary N) is 3. The molecule has 1 amide bonds. The fourth-order valence-corrected chi connectivity index (χ4v) is 3.44. The lowest BCUT2D eigenvalue weighted by molar-refractivity contribution is -0.128. The maximum absolute atomic E-state index is 12.0. The molecule has 0 aliphatic carbocycles. The molecule has 1 aliphatic rings. The summed E-state index contributed by atoms with van der Waals surface area (Å²) in [5.74, 6) is 2.14. The largest absolute Gasteiger partial charge is 0.493 e. The van der Waals surface area contributed by atoms with Crippen molar-refractivity contribution in [1.82, 2.24) is 20.9 Å². The normalized spacial score (nSPS) is 16.2. The average Bonchev–Trinajstić information content (AvgIpc) is 2.80. The van der Waals surface area contributed by atoms with Crippen molar-refractivity contribution in [1.29, 1.82) is 0 Å². The highest BCUT2D eigenvalue weighted by molar-refractivity contribution is 5.81. The Morgan fingerprint density at radius 3 is 2.34 bits per heavy atom. The zero-order valence-corrected chi connectivity index (χ0v) is 20.3. The van der Waals surface area contributed by atoms with Crippen LogP contribution >= 0.6 is 0 Å². The van der Waals surface area contributed by atoms with Crippen LogP contribution in [0.2, 0.25) is 0 Å². The third kappa shape index (κ3) is 7.56. The Hall–Kier alpha value is -2.52. The monoisotopic (exact) mass is 449 g/mol. The van der Waals surface area contributed by atoms with Gasteiger partial charge in [-0.2, -0.15) is 0 Å². The first-order valence-corrected chi connectivity index (χ1v) is 11.1. The van der Waals surface area contributed by atoms with Gasteiger partial charge < -0.3 is 30.2 Å². The van der Waals surface area contributed by atoms with E-state index in [9.17, 15) is 4.79 Å². The summed E-state index contributed by atoms with van der Waals surface area (Å²) in [5, 5.41) is 9.62. The van der Waals surface area contributed by atoms with Crippen molar-refractivity contribution in [3.8, 4) is 11.5 Å². The van der Waals surface area contributed by atoms with Crippen LogP contribution in [-0.2, 0) is 9.53 Å². The first-order valence-electron chi connectivity index (χ1n) is 11.1. The molecule has 180 valence electrons. The highest BCUT2D eigenvalue weighted by Crippen LogP contribution is 2.32. The standard InChI is InChI=1S/C23H39N5O4/c1-23(2,3)21(29)25-9-10-26-22(24-4)27-16-18(28-11-13-32-14-12-28)17-7-8-19(30-5)20(15-17)31-6/h7-8,15,18H,9-14,16H2,1-6H3,(H,25,29)(H2,24,26,27). The number of nitrogens with zero attached hydrogens (tertiary/aromatic N) is 2. The lowest BCUT2D eigenvalue weighted by atomic mass is 9.96. The van der Waals surface area contributed by atoms with E-state index in [1.165, 1.54) is 0 Å². The number of rotatable bonds is 9. The minimum absolute atomic E-state index is 0.0306. The highest BCUT2D eigenvalue weighted by Gasteiger charge is 2.24. The minimum atomic E-state index is -0.398. The smallest absolute Gasteiger partial charge is 0.225 e. The van der Waals surface area contributed by atoms with Gasteiger partial charge in [0.25, 0.3) is 0 Å². The van der Waals surface area contributed by atoms with Crippen molar-refractivity contribution in [2.24, 2.45) is 10.4 Å². The molecule has 1 aliphatic heterocycles. The third-order valence-corrected chi connectivity index (χ3v) is 5.35. The van der Waals surface area contributed by atoms with Gasteiger partial charge in [-0.1, -0.05) is 26.8 Å². The van der Waals surface area contributed by atoms with Gasteiger partial charge in [-0.25, -0.2) is 0 Å². The van der Waals surface area contributed by atoms with E-state index in [2.05, 4.69) is 31.9 Å². The molecular formula is C23H39N5O4. The van der Waals surface area contributed by atoms with Crippen LogP contribution in [0.5, 0.6) is 11.5 Å². The van der Waals surface area contributed by atoms with Gasteiger partial charge in [0, 0.05) is 45.2 Å². The van der Waals surface area contributed by atoms with Gasteiger partial charge >= 0.3 is 0 Å². The molecule has 1 aromatic carbocycles. The number of carbonyl (C=O) groups excluding carboxylic acids is 1. The third-order valence-electron chi connectivity index (χ3n) is 5.35. The van der Waals surface area contributed by atoms with E-state index in [4.69, 9.17) is 14.2 Å². The summed E-state index contributed by atoms with van der Waals surface area (Å²) in [6.07, 6.45) is 0. The maximum Gasteiger partial charge on any atom is 0.225 e. The van der Waals surface area contributed by atoms with Crippen LogP contribution in [0, 0.1) is 5.41 Å². The van der Waals surface area contributed by atoms with Gasteiger partial charge in [0.2, 0.25) is 5.91 Å². The molecule has 32 heavy (non-hydrogen) atoms. The second-order valence-electron chi connectivity index (χ2n) is 8.66. The van der Waals surface area contributed by atoms with Crippen LogP contribution in [0.1, 0.15) is 32.4 Å². The topological polar surface area (TPSA) is 96.5 Å². The predicted octanol–water partition coefficient (Wildman–Crippen LogP) is 1.40. The van der Waals surface area contributed by atoms with E-state index < -0.39 is 5.41 Å². The number of morpholine rings is 1. The molecule has 1 unspecified atom stereocenters. The molecule has 1 heterocycles. The van der Waals surface area contributed by atoms with E-state index >= 15 is 0 Å². The quantitative estimate of drug-likeness (QED) is 0.298. The van der Waals surface area contributed by atoms with E-state index in [0.29, 0.717) is 50.3 Å². The molecule has 1 saturated heterocycles. The number of benzene rings is 1. The van der Waals surface area contributed by atoms with Gasteiger partial charge in [0.1, 0.15) is 0 Å². The summed E-state index contributed by atoms with van der Waals surface area (Å²) in [6.45, 7) is 10.6. The Labute approximate surface area is 191 Å².